The van der Waals surface area contributed by atoms with Gasteiger partial charge < -0.3 is 4.74 Å². The molecule has 2 rings (SSSR count). The molecule has 0 amide bonds. The normalized spacial score (nSPS) is 17.6. The van der Waals surface area contributed by atoms with Crippen molar-refractivity contribution in [3.8, 4) is 5.75 Å². The Kier molecular flexibility index (Phi) is 3.24. The lowest BCUT2D eigenvalue weighted by Gasteiger charge is -1.97. The lowest BCUT2D eigenvalue weighted by molar-refractivity contribution is 0.101. The highest BCUT2D eigenvalue weighted by Crippen LogP contribution is 2.30. The molecule has 0 radical (unpaired) electrons. The van der Waals surface area contributed by atoms with E-state index >= 15 is 0 Å². The van der Waals surface area contributed by atoms with Crippen LogP contribution in [0.2, 0.25) is 0 Å². The van der Waals surface area contributed by atoms with Crippen LogP contribution in [0.5, 0.6) is 5.75 Å². The van der Waals surface area contributed by atoms with Crippen molar-refractivity contribution in [3.63, 3.8) is 0 Å². The Labute approximate surface area is 101 Å². The zero-order valence-corrected chi connectivity index (χ0v) is 9.94. The standard InChI is InChI=1S/C15H14O2/c1-3-4-7-11(2)10-14-15(16)12-8-5-6-9-13(12)17-14/h3-10H,1-2H3. The first-order valence-electron chi connectivity index (χ1n) is 5.55. The van der Waals surface area contributed by atoms with Crippen LogP contribution in [-0.4, -0.2) is 5.78 Å². The highest BCUT2D eigenvalue weighted by molar-refractivity contribution is 6.12. The van der Waals surface area contributed by atoms with Gasteiger partial charge in [0.15, 0.2) is 5.76 Å². The molecule has 2 heteroatoms. The summed E-state index contributed by atoms with van der Waals surface area (Å²) in [5.41, 5.74) is 1.62. The molecule has 0 spiro atoms. The molecule has 0 unspecified atom stereocenters. The predicted octanol–water partition coefficient (Wildman–Crippen LogP) is 3.67. The van der Waals surface area contributed by atoms with Crippen LogP contribution < -0.4 is 4.74 Å². The number of carbonyl (C=O) groups is 1. The van der Waals surface area contributed by atoms with Gasteiger partial charge >= 0.3 is 0 Å². The van der Waals surface area contributed by atoms with Crippen LogP contribution in [-0.2, 0) is 0 Å². The first-order valence-corrected chi connectivity index (χ1v) is 5.55. The summed E-state index contributed by atoms with van der Waals surface area (Å²) < 4.78 is 5.52. The van der Waals surface area contributed by atoms with E-state index in [4.69, 9.17) is 4.74 Å². The number of carbonyl (C=O) groups excluding carboxylic acids is 1. The number of para-hydroxylation sites is 1. The molecule has 0 saturated heterocycles. The number of hydrogen-bond donors (Lipinski definition) is 0. The molecule has 0 atom stereocenters. The van der Waals surface area contributed by atoms with E-state index in [1.54, 1.807) is 18.2 Å². The van der Waals surface area contributed by atoms with Crippen LogP contribution in [0.3, 0.4) is 0 Å². The van der Waals surface area contributed by atoms with E-state index in [-0.39, 0.29) is 5.78 Å². The van der Waals surface area contributed by atoms with Crippen LogP contribution >= 0.6 is 0 Å². The van der Waals surface area contributed by atoms with Crippen molar-refractivity contribution in [2.45, 2.75) is 13.8 Å². The van der Waals surface area contributed by atoms with Crippen molar-refractivity contribution < 1.29 is 9.53 Å². The third kappa shape index (κ3) is 2.36. The smallest absolute Gasteiger partial charge is 0.231 e. The fourth-order valence-electron chi connectivity index (χ4n) is 1.64. The monoisotopic (exact) mass is 226 g/mol. The molecule has 1 aromatic carbocycles. The second kappa shape index (κ2) is 4.83. The van der Waals surface area contributed by atoms with E-state index in [0.29, 0.717) is 17.1 Å². The van der Waals surface area contributed by atoms with Crippen molar-refractivity contribution in [3.05, 3.63) is 65.5 Å². The van der Waals surface area contributed by atoms with Gasteiger partial charge in [-0.2, -0.15) is 0 Å². The molecule has 1 heterocycles. The summed E-state index contributed by atoms with van der Waals surface area (Å²) in [6.07, 6.45) is 7.57. The Bertz CT molecular complexity index is 534. The SMILES string of the molecule is CC=CC=C(C)C=C1Oc2ccccc2C1=O. The fraction of sp³-hybridized carbons (Fsp3) is 0.133. The van der Waals surface area contributed by atoms with Gasteiger partial charge in [0, 0.05) is 0 Å². The maximum Gasteiger partial charge on any atom is 0.231 e. The number of rotatable bonds is 2. The topological polar surface area (TPSA) is 26.3 Å². The van der Waals surface area contributed by atoms with Gasteiger partial charge in [-0.05, 0) is 37.6 Å². The van der Waals surface area contributed by atoms with Crippen molar-refractivity contribution in [2.75, 3.05) is 0 Å². The Balaban J connectivity index is 2.29. The number of hydrogen-bond acceptors (Lipinski definition) is 2. The third-order valence-corrected chi connectivity index (χ3v) is 2.49. The van der Waals surface area contributed by atoms with E-state index in [9.17, 15) is 4.79 Å². The zero-order chi connectivity index (χ0) is 12.3. The maximum atomic E-state index is 12.0. The lowest BCUT2D eigenvalue weighted by atomic mass is 10.1. The van der Waals surface area contributed by atoms with Gasteiger partial charge in [0.2, 0.25) is 5.78 Å². The highest BCUT2D eigenvalue weighted by Gasteiger charge is 2.26. The van der Waals surface area contributed by atoms with E-state index in [1.165, 1.54) is 0 Å². The molecule has 1 aromatic rings. The van der Waals surface area contributed by atoms with Gasteiger partial charge in [0.05, 0.1) is 5.56 Å². The summed E-state index contributed by atoms with van der Waals surface area (Å²) in [6, 6.07) is 7.28. The van der Waals surface area contributed by atoms with Crippen molar-refractivity contribution >= 4 is 5.78 Å². The van der Waals surface area contributed by atoms with Gasteiger partial charge in [-0.1, -0.05) is 30.4 Å². The summed E-state index contributed by atoms with van der Waals surface area (Å²) in [4.78, 5) is 12.0. The average Bonchev–Trinajstić information content (AvgIpc) is 2.64. The molecule has 0 fully saturated rings. The molecule has 0 bridgehead atoms. The zero-order valence-electron chi connectivity index (χ0n) is 9.94. The molecule has 2 nitrogen and oxygen atoms in total. The second-order valence-corrected chi connectivity index (χ2v) is 3.87. The summed E-state index contributed by atoms with van der Waals surface area (Å²) in [7, 11) is 0. The molecule has 86 valence electrons. The van der Waals surface area contributed by atoms with Gasteiger partial charge in [-0.15, -0.1) is 0 Å². The van der Waals surface area contributed by atoms with Crippen molar-refractivity contribution in [1.29, 1.82) is 0 Å². The van der Waals surface area contributed by atoms with Crippen LogP contribution in [0.4, 0.5) is 0 Å². The van der Waals surface area contributed by atoms with E-state index in [2.05, 4.69) is 0 Å². The van der Waals surface area contributed by atoms with Crippen LogP contribution in [0.1, 0.15) is 24.2 Å². The third-order valence-electron chi connectivity index (χ3n) is 2.49. The molecule has 0 aliphatic carbocycles. The molecule has 0 N–H and O–H groups in total. The first kappa shape index (κ1) is 11.4. The summed E-state index contributed by atoms with van der Waals surface area (Å²) in [5.74, 6) is 0.987. The molecule has 1 aliphatic heterocycles. The number of allylic oxidation sites excluding steroid dienone is 6. The van der Waals surface area contributed by atoms with Gasteiger partial charge in [-0.25, -0.2) is 0 Å². The largest absolute Gasteiger partial charge is 0.452 e. The molecule has 1 aliphatic rings. The minimum Gasteiger partial charge on any atom is -0.452 e. The number of benzene rings is 1. The Morgan fingerprint density at radius 3 is 2.76 bits per heavy atom. The van der Waals surface area contributed by atoms with Gasteiger partial charge in [0.1, 0.15) is 5.75 Å². The molecule has 0 aromatic heterocycles. The highest BCUT2D eigenvalue weighted by atomic mass is 16.5. The van der Waals surface area contributed by atoms with E-state index < -0.39 is 0 Å². The van der Waals surface area contributed by atoms with Crippen LogP contribution in [0.15, 0.2) is 59.9 Å². The Hall–Kier alpha value is -2.09. The van der Waals surface area contributed by atoms with E-state index in [0.717, 1.165) is 5.57 Å². The van der Waals surface area contributed by atoms with Crippen LogP contribution in [0.25, 0.3) is 0 Å². The summed E-state index contributed by atoms with van der Waals surface area (Å²) in [5, 5.41) is 0. The number of fused-ring (bicyclic) bond motifs is 1. The number of Topliss-reactive ketones (excluding diaryl/α,β-unsaturated/α-hetero) is 1. The van der Waals surface area contributed by atoms with Gasteiger partial charge in [0.25, 0.3) is 0 Å². The summed E-state index contributed by atoms with van der Waals surface area (Å²) in [6.45, 7) is 3.89. The minimum atomic E-state index is -0.0474. The molecular weight excluding hydrogens is 212 g/mol. The molecule has 0 saturated carbocycles. The Morgan fingerprint density at radius 1 is 1.29 bits per heavy atom. The fourth-order valence-corrected chi connectivity index (χ4v) is 1.64. The molecular formula is C15H14O2. The Morgan fingerprint density at radius 2 is 2.06 bits per heavy atom. The van der Waals surface area contributed by atoms with Crippen molar-refractivity contribution in [2.24, 2.45) is 0 Å². The van der Waals surface area contributed by atoms with Gasteiger partial charge in [-0.3, -0.25) is 4.79 Å². The first-order chi connectivity index (χ1) is 8.22. The summed E-state index contributed by atoms with van der Waals surface area (Å²) >= 11 is 0. The van der Waals surface area contributed by atoms with Crippen molar-refractivity contribution in [1.82, 2.24) is 0 Å². The lowest BCUT2D eigenvalue weighted by Crippen LogP contribution is -1.98. The molecule has 17 heavy (non-hydrogen) atoms. The second-order valence-electron chi connectivity index (χ2n) is 3.87. The predicted molar refractivity (Wildman–Crippen MR) is 68.1 cm³/mol. The quantitative estimate of drug-likeness (QED) is 0.568. The number of ether oxygens (including phenoxy) is 1. The van der Waals surface area contributed by atoms with E-state index in [1.807, 2.05) is 44.2 Å². The number of ketones is 1. The van der Waals surface area contributed by atoms with Crippen LogP contribution in [0, 0.1) is 0 Å². The minimum absolute atomic E-state index is 0.0474. The maximum absolute atomic E-state index is 12.0. The average molecular weight is 226 g/mol.